The van der Waals surface area contributed by atoms with E-state index in [0.717, 1.165) is 53.1 Å². The highest BCUT2D eigenvalue weighted by Gasteiger charge is 2.27. The number of benzene rings is 3. The second-order valence-electron chi connectivity index (χ2n) is 10.3. The highest BCUT2D eigenvalue weighted by molar-refractivity contribution is 6.33. The predicted octanol–water partition coefficient (Wildman–Crippen LogP) is 6.44. The van der Waals surface area contributed by atoms with Gasteiger partial charge in [-0.1, -0.05) is 66.2 Å². The van der Waals surface area contributed by atoms with Crippen LogP contribution in [0, 0.1) is 0 Å². The number of aromatic nitrogens is 2. The molecule has 1 aromatic heterocycles. The van der Waals surface area contributed by atoms with Crippen molar-refractivity contribution in [3.8, 4) is 22.6 Å². The van der Waals surface area contributed by atoms with E-state index < -0.39 is 0 Å². The van der Waals surface area contributed by atoms with E-state index in [9.17, 15) is 0 Å². The summed E-state index contributed by atoms with van der Waals surface area (Å²) in [6, 6.07) is 24.2. The van der Waals surface area contributed by atoms with Gasteiger partial charge in [0.1, 0.15) is 5.82 Å². The fourth-order valence-electron chi connectivity index (χ4n) is 5.85. The normalized spacial score (nSPS) is 17.3. The highest BCUT2D eigenvalue weighted by Crippen LogP contribution is 2.32. The van der Waals surface area contributed by atoms with Crippen LogP contribution in [-0.4, -0.2) is 52.5 Å². The first-order valence-electron chi connectivity index (χ1n) is 13.1. The molecule has 1 fully saturated rings. The van der Waals surface area contributed by atoms with Crippen molar-refractivity contribution in [3.05, 3.63) is 100 Å². The van der Waals surface area contributed by atoms with Crippen molar-refractivity contribution in [2.24, 2.45) is 0 Å². The molecule has 0 amide bonds. The number of fused-ring (bicyclic) bond motifs is 1. The van der Waals surface area contributed by atoms with Crippen molar-refractivity contribution >= 4 is 11.6 Å². The summed E-state index contributed by atoms with van der Waals surface area (Å²) < 4.78 is 0. The molecule has 0 spiro atoms. The van der Waals surface area contributed by atoms with Crippen molar-refractivity contribution in [1.29, 1.82) is 0 Å². The predicted molar refractivity (Wildman–Crippen MR) is 148 cm³/mol. The lowest BCUT2D eigenvalue weighted by Crippen LogP contribution is -2.45. The van der Waals surface area contributed by atoms with E-state index >= 15 is 0 Å². The average Bonchev–Trinajstić information content (AvgIpc) is 3.41. The SMILES string of the molecule is CN1CCC(N2CCc3c(Cc4ccc(Cl)c(-c5ncc(-c6ccccc6)[nH]5)c4)cccc3C2)CC1. The molecule has 0 unspecified atom stereocenters. The Labute approximate surface area is 218 Å². The Morgan fingerprint density at radius 3 is 2.64 bits per heavy atom. The third-order valence-electron chi connectivity index (χ3n) is 7.94. The Morgan fingerprint density at radius 2 is 1.81 bits per heavy atom. The number of aromatic amines is 1. The molecule has 2 aliphatic rings. The van der Waals surface area contributed by atoms with Crippen LogP contribution in [0.4, 0.5) is 0 Å². The Kier molecular flexibility index (Phi) is 6.66. The zero-order valence-corrected chi connectivity index (χ0v) is 21.6. The molecule has 0 saturated carbocycles. The number of hydrogen-bond acceptors (Lipinski definition) is 3. The van der Waals surface area contributed by atoms with Gasteiger partial charge in [-0.2, -0.15) is 0 Å². The lowest BCUT2D eigenvalue weighted by atomic mass is 9.89. The van der Waals surface area contributed by atoms with Crippen molar-refractivity contribution < 1.29 is 0 Å². The minimum Gasteiger partial charge on any atom is -0.338 e. The van der Waals surface area contributed by atoms with Crippen molar-refractivity contribution in [2.75, 3.05) is 26.7 Å². The first kappa shape index (κ1) is 23.5. The molecular weight excluding hydrogens is 464 g/mol. The number of likely N-dealkylation sites (tertiary alicyclic amines) is 1. The first-order valence-corrected chi connectivity index (χ1v) is 13.4. The number of hydrogen-bond donors (Lipinski definition) is 1. The zero-order chi connectivity index (χ0) is 24.5. The fraction of sp³-hybridized carbons (Fsp3) is 0.323. The standard InChI is InChI=1S/C31H33ClN4/c1-35-15-12-26(13-16-35)36-17-14-27-24(8-5-9-25(27)21-36)18-22-10-11-29(32)28(19-22)31-33-20-30(34-31)23-6-3-2-4-7-23/h2-11,19-20,26H,12-18,21H2,1H3,(H,33,34). The molecule has 2 aliphatic heterocycles. The molecule has 4 nitrogen and oxygen atoms in total. The van der Waals surface area contributed by atoms with Gasteiger partial charge in [0.2, 0.25) is 0 Å². The van der Waals surface area contributed by atoms with E-state index in [-0.39, 0.29) is 0 Å². The smallest absolute Gasteiger partial charge is 0.139 e. The summed E-state index contributed by atoms with van der Waals surface area (Å²) in [6.07, 6.45) is 6.51. The van der Waals surface area contributed by atoms with Crippen LogP contribution in [0.3, 0.4) is 0 Å². The molecule has 1 N–H and O–H groups in total. The monoisotopic (exact) mass is 496 g/mol. The maximum atomic E-state index is 6.63. The van der Waals surface area contributed by atoms with Gasteiger partial charge < -0.3 is 9.88 Å². The number of imidazole rings is 1. The van der Waals surface area contributed by atoms with E-state index in [2.05, 4.69) is 69.3 Å². The summed E-state index contributed by atoms with van der Waals surface area (Å²) in [5, 5.41) is 0.719. The minimum absolute atomic E-state index is 0.719. The zero-order valence-electron chi connectivity index (χ0n) is 20.9. The van der Waals surface area contributed by atoms with E-state index in [1.54, 1.807) is 5.56 Å². The number of nitrogens with one attached hydrogen (secondary N) is 1. The summed E-state index contributed by atoms with van der Waals surface area (Å²) in [5.74, 6) is 0.810. The van der Waals surface area contributed by atoms with Gasteiger partial charge in [-0.15, -0.1) is 0 Å². The number of H-pyrrole nitrogens is 1. The van der Waals surface area contributed by atoms with Crippen molar-refractivity contribution in [3.63, 3.8) is 0 Å². The molecule has 3 aromatic carbocycles. The van der Waals surface area contributed by atoms with Crippen LogP contribution in [0.25, 0.3) is 22.6 Å². The molecule has 5 heteroatoms. The molecule has 184 valence electrons. The number of piperidine rings is 1. The summed E-state index contributed by atoms with van der Waals surface area (Å²) in [7, 11) is 2.24. The van der Waals surface area contributed by atoms with Crippen LogP contribution < -0.4 is 0 Å². The summed E-state index contributed by atoms with van der Waals surface area (Å²) in [4.78, 5) is 13.3. The van der Waals surface area contributed by atoms with Crippen LogP contribution in [0.5, 0.6) is 0 Å². The van der Waals surface area contributed by atoms with Crippen LogP contribution in [0.1, 0.15) is 35.1 Å². The third kappa shape index (κ3) is 4.86. The van der Waals surface area contributed by atoms with Gasteiger partial charge in [-0.25, -0.2) is 4.98 Å². The van der Waals surface area contributed by atoms with Crippen molar-refractivity contribution in [2.45, 2.75) is 38.3 Å². The highest BCUT2D eigenvalue weighted by atomic mass is 35.5. The second-order valence-corrected chi connectivity index (χ2v) is 10.7. The third-order valence-corrected chi connectivity index (χ3v) is 8.27. The quantitative estimate of drug-likeness (QED) is 0.345. The van der Waals surface area contributed by atoms with Crippen LogP contribution in [0.15, 0.2) is 72.9 Å². The van der Waals surface area contributed by atoms with Crippen LogP contribution in [-0.2, 0) is 19.4 Å². The second kappa shape index (κ2) is 10.2. The van der Waals surface area contributed by atoms with Crippen LogP contribution >= 0.6 is 11.6 Å². The summed E-state index contributed by atoms with van der Waals surface area (Å²) >= 11 is 6.63. The van der Waals surface area contributed by atoms with E-state index in [4.69, 9.17) is 11.6 Å². The molecule has 0 atom stereocenters. The van der Waals surface area contributed by atoms with Crippen molar-refractivity contribution in [1.82, 2.24) is 19.8 Å². The molecule has 0 radical (unpaired) electrons. The van der Waals surface area contributed by atoms with Gasteiger partial charge in [0, 0.05) is 24.7 Å². The van der Waals surface area contributed by atoms with Gasteiger partial charge in [-0.05, 0) is 85.8 Å². The number of nitrogens with zero attached hydrogens (tertiary/aromatic N) is 3. The Bertz CT molecular complexity index is 1340. The lowest BCUT2D eigenvalue weighted by molar-refractivity contribution is 0.109. The fourth-order valence-corrected chi connectivity index (χ4v) is 6.06. The largest absolute Gasteiger partial charge is 0.338 e. The summed E-state index contributed by atoms with van der Waals surface area (Å²) in [5.41, 5.74) is 8.82. The van der Waals surface area contributed by atoms with Crippen LogP contribution in [0.2, 0.25) is 5.02 Å². The van der Waals surface area contributed by atoms with Gasteiger partial charge in [0.05, 0.1) is 16.9 Å². The Balaban J connectivity index is 1.22. The van der Waals surface area contributed by atoms with Gasteiger partial charge in [0.25, 0.3) is 0 Å². The van der Waals surface area contributed by atoms with Gasteiger partial charge >= 0.3 is 0 Å². The minimum atomic E-state index is 0.719. The summed E-state index contributed by atoms with van der Waals surface area (Å²) in [6.45, 7) is 4.68. The number of halogens is 1. The molecule has 36 heavy (non-hydrogen) atoms. The van der Waals surface area contributed by atoms with E-state index in [0.29, 0.717) is 0 Å². The lowest BCUT2D eigenvalue weighted by Gasteiger charge is -2.40. The number of rotatable bonds is 5. The van der Waals surface area contributed by atoms with E-state index in [1.165, 1.54) is 49.2 Å². The Morgan fingerprint density at radius 1 is 0.972 bits per heavy atom. The molecular formula is C31H33ClN4. The van der Waals surface area contributed by atoms with Gasteiger partial charge in [-0.3, -0.25) is 4.90 Å². The molecule has 6 rings (SSSR count). The topological polar surface area (TPSA) is 35.2 Å². The van der Waals surface area contributed by atoms with E-state index in [1.807, 2.05) is 30.5 Å². The molecule has 3 heterocycles. The maximum absolute atomic E-state index is 6.63. The molecule has 0 bridgehead atoms. The maximum Gasteiger partial charge on any atom is 0.139 e. The molecule has 0 aliphatic carbocycles. The molecule has 1 saturated heterocycles. The first-order chi connectivity index (χ1) is 17.6. The van der Waals surface area contributed by atoms with Gasteiger partial charge in [0.15, 0.2) is 0 Å². The molecule has 4 aromatic rings. The average molecular weight is 497 g/mol. The Hall–Kier alpha value is -2.92.